The maximum absolute atomic E-state index is 12.6. The summed E-state index contributed by atoms with van der Waals surface area (Å²) in [5, 5.41) is 8.88. The monoisotopic (exact) mass is 832 g/mol. The van der Waals surface area contributed by atoms with Crippen LogP contribution in [0.15, 0.2) is 97.2 Å². The number of carboxylic acids is 1. The zero-order valence-corrected chi connectivity index (χ0v) is 36.2. The molecule has 12 heteroatoms. The Kier molecular flexibility index (Phi) is 37.7. The van der Waals surface area contributed by atoms with Crippen molar-refractivity contribution in [2.75, 3.05) is 19.8 Å². The molecule has 0 saturated heterocycles. The molecule has 0 aromatic heterocycles. The van der Waals surface area contributed by atoms with Gasteiger partial charge in [-0.25, -0.2) is 4.57 Å². The maximum Gasteiger partial charge on any atom is 0.472 e. The van der Waals surface area contributed by atoms with Crippen LogP contribution in [-0.2, 0) is 37.5 Å². The lowest BCUT2D eigenvalue weighted by atomic mass is 10.1. The molecular weight excluding hydrogens is 757 g/mol. The molecule has 11 nitrogen and oxygen atoms in total. The van der Waals surface area contributed by atoms with Gasteiger partial charge in [0.15, 0.2) is 6.10 Å². The van der Waals surface area contributed by atoms with E-state index in [0.717, 1.165) is 77.0 Å². The number of carbonyl (C=O) groups is 3. The van der Waals surface area contributed by atoms with E-state index in [2.05, 4.69) is 91.3 Å². The summed E-state index contributed by atoms with van der Waals surface area (Å²) in [7, 11) is -4.74. The van der Waals surface area contributed by atoms with Gasteiger partial charge in [0.25, 0.3) is 0 Å². The molecule has 328 valence electrons. The Bertz CT molecular complexity index is 1350. The van der Waals surface area contributed by atoms with Gasteiger partial charge in [0.05, 0.1) is 13.2 Å². The van der Waals surface area contributed by atoms with Crippen LogP contribution in [0.25, 0.3) is 0 Å². The Balaban J connectivity index is 4.48. The van der Waals surface area contributed by atoms with E-state index < -0.39 is 51.1 Å². The number of phosphoric acid groups is 1. The van der Waals surface area contributed by atoms with Gasteiger partial charge < -0.3 is 25.2 Å². The summed E-state index contributed by atoms with van der Waals surface area (Å²) in [4.78, 5) is 45.9. The maximum atomic E-state index is 12.6. The fraction of sp³-hybridized carbons (Fsp3) is 0.587. The first kappa shape index (κ1) is 54.4. The number of ether oxygens (including phenoxy) is 2. The van der Waals surface area contributed by atoms with Crippen molar-refractivity contribution in [3.63, 3.8) is 0 Å². The Hall–Kier alpha value is -3.60. The normalized spacial score (nSPS) is 14.7. The number of carbonyl (C=O) groups excluding carboxylic acids is 2. The summed E-state index contributed by atoms with van der Waals surface area (Å²) < 4.78 is 32.6. The van der Waals surface area contributed by atoms with Gasteiger partial charge in [0.1, 0.15) is 12.6 Å². The highest BCUT2D eigenvalue weighted by Gasteiger charge is 2.28. The lowest BCUT2D eigenvalue weighted by molar-refractivity contribution is -0.161. The van der Waals surface area contributed by atoms with E-state index >= 15 is 0 Å². The van der Waals surface area contributed by atoms with Crippen molar-refractivity contribution in [2.45, 2.75) is 154 Å². The average molecular weight is 832 g/mol. The van der Waals surface area contributed by atoms with Crippen molar-refractivity contribution in [1.82, 2.24) is 0 Å². The molecule has 0 aliphatic carbocycles. The van der Waals surface area contributed by atoms with Gasteiger partial charge in [-0.2, -0.15) is 0 Å². The summed E-state index contributed by atoms with van der Waals surface area (Å²) in [5.74, 6) is -2.48. The average Bonchev–Trinajstić information content (AvgIpc) is 3.20. The summed E-state index contributed by atoms with van der Waals surface area (Å²) in [6, 6.07) is -1.54. The van der Waals surface area contributed by atoms with E-state index in [9.17, 15) is 23.8 Å². The minimum atomic E-state index is -4.74. The van der Waals surface area contributed by atoms with Crippen molar-refractivity contribution >= 4 is 25.7 Å². The molecule has 0 rings (SSSR count). The Morgan fingerprint density at radius 1 is 0.569 bits per heavy atom. The van der Waals surface area contributed by atoms with Crippen LogP contribution in [0.3, 0.4) is 0 Å². The smallest absolute Gasteiger partial charge is 0.472 e. The molecule has 0 aliphatic heterocycles. The fourth-order valence-electron chi connectivity index (χ4n) is 5.02. The van der Waals surface area contributed by atoms with Gasteiger partial charge in [-0.3, -0.25) is 23.4 Å². The zero-order valence-electron chi connectivity index (χ0n) is 35.3. The molecule has 4 N–H and O–H groups in total. The SMILES string of the molecule is CC/C=C/C=C/C=C/CCCCCCCC(=O)OC(COC(=O)CCCC/C=C/C/C=C/C/C=C/C/C=C/C/C=C/CCCCC)COP(=O)(O)OC[C@H](N)C(=O)O. The molecule has 3 atom stereocenters. The number of carboxylic acid groups (broad SMARTS) is 1. The van der Waals surface area contributed by atoms with Crippen molar-refractivity contribution in [3.05, 3.63) is 97.2 Å². The molecule has 58 heavy (non-hydrogen) atoms. The van der Waals surface area contributed by atoms with Crippen LogP contribution >= 0.6 is 7.82 Å². The number of hydrogen-bond donors (Lipinski definition) is 3. The predicted molar refractivity (Wildman–Crippen MR) is 235 cm³/mol. The van der Waals surface area contributed by atoms with Crippen LogP contribution in [0.4, 0.5) is 0 Å². The van der Waals surface area contributed by atoms with Gasteiger partial charge >= 0.3 is 25.7 Å². The molecule has 0 radical (unpaired) electrons. The molecule has 2 unspecified atom stereocenters. The van der Waals surface area contributed by atoms with Gasteiger partial charge in [0.2, 0.25) is 0 Å². The highest BCUT2D eigenvalue weighted by molar-refractivity contribution is 7.47. The van der Waals surface area contributed by atoms with Crippen molar-refractivity contribution < 1.29 is 47.5 Å². The lowest BCUT2D eigenvalue weighted by Crippen LogP contribution is -2.34. The van der Waals surface area contributed by atoms with Crippen LogP contribution in [0.5, 0.6) is 0 Å². The van der Waals surface area contributed by atoms with E-state index in [4.69, 9.17) is 24.8 Å². The van der Waals surface area contributed by atoms with Crippen molar-refractivity contribution in [3.8, 4) is 0 Å². The van der Waals surface area contributed by atoms with Crippen molar-refractivity contribution in [1.29, 1.82) is 0 Å². The number of hydrogen-bond acceptors (Lipinski definition) is 9. The fourth-order valence-corrected chi connectivity index (χ4v) is 5.80. The Labute approximate surface area is 349 Å². The predicted octanol–water partition coefficient (Wildman–Crippen LogP) is 11.3. The minimum absolute atomic E-state index is 0.122. The summed E-state index contributed by atoms with van der Waals surface area (Å²) >= 11 is 0. The molecule has 0 fully saturated rings. The highest BCUT2D eigenvalue weighted by Crippen LogP contribution is 2.43. The number of phosphoric ester groups is 1. The largest absolute Gasteiger partial charge is 0.480 e. The first-order valence-electron chi connectivity index (χ1n) is 21.3. The number of unbranched alkanes of at least 4 members (excludes halogenated alkanes) is 10. The van der Waals surface area contributed by atoms with Gasteiger partial charge in [0, 0.05) is 12.8 Å². The number of aliphatic carboxylic acids is 1. The van der Waals surface area contributed by atoms with E-state index in [1.807, 2.05) is 24.3 Å². The zero-order chi connectivity index (χ0) is 42.8. The first-order chi connectivity index (χ1) is 28.1. The molecule has 0 aromatic rings. The summed E-state index contributed by atoms with van der Waals surface area (Å²) in [6.45, 7) is 2.55. The Morgan fingerprint density at radius 2 is 1.03 bits per heavy atom. The number of nitrogens with two attached hydrogens (primary N) is 1. The van der Waals surface area contributed by atoms with Crippen LogP contribution in [0.1, 0.15) is 142 Å². The number of rotatable bonds is 38. The van der Waals surface area contributed by atoms with E-state index in [-0.39, 0.29) is 19.4 Å². The van der Waals surface area contributed by atoms with Gasteiger partial charge in [-0.1, -0.05) is 143 Å². The first-order valence-corrected chi connectivity index (χ1v) is 22.8. The molecule has 0 saturated carbocycles. The molecule has 0 bridgehead atoms. The molecular formula is C46H74NO10P. The second-order valence-electron chi connectivity index (χ2n) is 13.8. The lowest BCUT2D eigenvalue weighted by Gasteiger charge is -2.20. The Morgan fingerprint density at radius 3 is 1.62 bits per heavy atom. The molecule has 0 aromatic carbocycles. The van der Waals surface area contributed by atoms with Crippen molar-refractivity contribution in [2.24, 2.45) is 5.73 Å². The molecule has 0 heterocycles. The van der Waals surface area contributed by atoms with Gasteiger partial charge in [-0.05, 0) is 83.5 Å². The van der Waals surface area contributed by atoms with Gasteiger partial charge in [-0.15, -0.1) is 0 Å². The standard InChI is InChI=1S/C46H74NO10P/c1-3-5-7-9-11-13-15-17-18-19-20-21-22-23-24-26-27-29-31-33-35-37-44(48)54-39-42(40-55-58(52,53)56-41-43(47)46(50)51)57-45(49)38-36-34-32-30-28-25-16-14-12-10-8-6-4-2/h6,8,10-14,16-18,20-21,23-24,27,29,42-43H,3-5,7,9,15,19,22,25-26,28,30-41,47H2,1-2H3,(H,50,51)(H,52,53)/b8-6+,12-10+,13-11+,16-14+,18-17+,21-20+,24-23+,29-27+/t42?,43-/m0/s1. The van der Waals surface area contributed by atoms with Crippen LogP contribution in [-0.4, -0.2) is 59.9 Å². The summed E-state index contributed by atoms with van der Waals surface area (Å²) in [5.41, 5.74) is 5.32. The minimum Gasteiger partial charge on any atom is -0.480 e. The third kappa shape index (κ3) is 39.2. The van der Waals surface area contributed by atoms with E-state index in [0.29, 0.717) is 12.8 Å². The second-order valence-corrected chi connectivity index (χ2v) is 15.3. The van der Waals surface area contributed by atoms with E-state index in [1.54, 1.807) is 0 Å². The third-order valence-electron chi connectivity index (χ3n) is 8.38. The van der Waals surface area contributed by atoms with Crippen LogP contribution in [0, 0.1) is 0 Å². The number of esters is 2. The van der Waals surface area contributed by atoms with Crippen LogP contribution < -0.4 is 5.73 Å². The topological polar surface area (TPSA) is 172 Å². The highest BCUT2D eigenvalue weighted by atomic mass is 31.2. The number of allylic oxidation sites excluding steroid dienone is 16. The van der Waals surface area contributed by atoms with E-state index in [1.165, 1.54) is 25.7 Å². The quantitative estimate of drug-likeness (QED) is 0.0178. The molecule has 0 aliphatic rings. The third-order valence-corrected chi connectivity index (χ3v) is 9.33. The summed E-state index contributed by atoms with van der Waals surface area (Å²) in [6.07, 6.45) is 50.5. The second kappa shape index (κ2) is 40.2. The van der Waals surface area contributed by atoms with Crippen LogP contribution in [0.2, 0.25) is 0 Å². The molecule has 0 spiro atoms. The molecule has 0 amide bonds.